The zero-order valence-electron chi connectivity index (χ0n) is 16.6. The van der Waals surface area contributed by atoms with Gasteiger partial charge in [-0.1, -0.05) is 23.9 Å². The number of nitrogens with one attached hydrogen (secondary N) is 1. The van der Waals surface area contributed by atoms with Crippen molar-refractivity contribution >= 4 is 56.6 Å². The third kappa shape index (κ3) is 5.16. The normalized spacial score (nSPS) is 10.8. The minimum Gasteiger partial charge on any atom is -0.478 e. The summed E-state index contributed by atoms with van der Waals surface area (Å²) in [6.45, 7) is 0. The van der Waals surface area contributed by atoms with E-state index in [2.05, 4.69) is 10.3 Å². The van der Waals surface area contributed by atoms with E-state index in [-0.39, 0.29) is 11.4 Å². The number of aromatic nitrogens is 1. The van der Waals surface area contributed by atoms with Gasteiger partial charge in [0.25, 0.3) is 11.6 Å². The average Bonchev–Trinajstić information content (AvgIpc) is 3.19. The standard InChI is InChI=1S/C22H14FN3O5S2/c23-13-3-1-2-12(8-13)11-32-22-25-18-7-4-14(9-19(18)33-22)24-20(27)16-6-5-15(26(30)31)10-17(16)21(28)29/h1-10H,11H2,(H,24,27)(H,28,29). The van der Waals surface area contributed by atoms with Gasteiger partial charge in [-0.3, -0.25) is 14.9 Å². The van der Waals surface area contributed by atoms with Crippen molar-refractivity contribution in [2.75, 3.05) is 5.32 Å². The van der Waals surface area contributed by atoms with E-state index in [1.54, 1.807) is 24.3 Å². The van der Waals surface area contributed by atoms with Crippen LogP contribution in [-0.2, 0) is 5.75 Å². The van der Waals surface area contributed by atoms with Crippen molar-refractivity contribution in [3.8, 4) is 0 Å². The summed E-state index contributed by atoms with van der Waals surface area (Å²) in [5.41, 5.74) is 0.914. The quantitative estimate of drug-likeness (QED) is 0.200. The van der Waals surface area contributed by atoms with E-state index in [9.17, 15) is 29.2 Å². The molecule has 1 amide bonds. The molecule has 0 aliphatic heterocycles. The summed E-state index contributed by atoms with van der Waals surface area (Å²) in [6.07, 6.45) is 0. The first-order valence-corrected chi connectivity index (χ1v) is 11.2. The number of carbonyl (C=O) groups is 2. The summed E-state index contributed by atoms with van der Waals surface area (Å²) >= 11 is 2.88. The zero-order valence-corrected chi connectivity index (χ0v) is 18.3. The highest BCUT2D eigenvalue weighted by atomic mass is 32.2. The van der Waals surface area contributed by atoms with E-state index in [0.717, 1.165) is 38.3 Å². The molecule has 0 aliphatic rings. The number of amides is 1. The highest BCUT2D eigenvalue weighted by Crippen LogP contribution is 2.33. The number of non-ortho nitro benzene ring substituents is 1. The second-order valence-electron chi connectivity index (χ2n) is 6.83. The van der Waals surface area contributed by atoms with E-state index in [0.29, 0.717) is 11.4 Å². The Morgan fingerprint density at radius 3 is 2.67 bits per heavy atom. The fourth-order valence-corrected chi connectivity index (χ4v) is 5.08. The Hall–Kier alpha value is -3.83. The van der Waals surface area contributed by atoms with Crippen LogP contribution in [0, 0.1) is 15.9 Å². The summed E-state index contributed by atoms with van der Waals surface area (Å²) in [4.78, 5) is 38.8. The monoisotopic (exact) mass is 483 g/mol. The van der Waals surface area contributed by atoms with Gasteiger partial charge in [0, 0.05) is 23.6 Å². The molecule has 0 atom stereocenters. The first-order chi connectivity index (χ1) is 15.8. The number of carbonyl (C=O) groups excluding carboxylic acids is 1. The average molecular weight is 484 g/mol. The van der Waals surface area contributed by atoms with Gasteiger partial charge in [-0.05, 0) is 42.0 Å². The van der Waals surface area contributed by atoms with Gasteiger partial charge in [0.15, 0.2) is 4.34 Å². The number of rotatable bonds is 7. The van der Waals surface area contributed by atoms with Crippen LogP contribution in [-0.4, -0.2) is 26.9 Å². The van der Waals surface area contributed by atoms with Crippen LogP contribution in [0.4, 0.5) is 15.8 Å². The Balaban J connectivity index is 1.52. The molecule has 0 unspecified atom stereocenters. The molecule has 0 bridgehead atoms. The van der Waals surface area contributed by atoms with E-state index >= 15 is 0 Å². The smallest absolute Gasteiger partial charge is 0.336 e. The number of hydrogen-bond acceptors (Lipinski definition) is 7. The lowest BCUT2D eigenvalue weighted by molar-refractivity contribution is -0.384. The van der Waals surface area contributed by atoms with Crippen LogP contribution in [0.2, 0.25) is 0 Å². The van der Waals surface area contributed by atoms with Crippen LogP contribution in [0.1, 0.15) is 26.3 Å². The molecule has 1 heterocycles. The van der Waals surface area contributed by atoms with Crippen molar-refractivity contribution in [3.63, 3.8) is 0 Å². The SMILES string of the molecule is O=C(O)c1cc([N+](=O)[O-])ccc1C(=O)Nc1ccc2nc(SCc3cccc(F)c3)sc2c1. The molecule has 11 heteroatoms. The molecule has 0 saturated carbocycles. The molecule has 0 aliphatic carbocycles. The molecule has 8 nitrogen and oxygen atoms in total. The van der Waals surface area contributed by atoms with E-state index < -0.39 is 28.1 Å². The van der Waals surface area contributed by atoms with Crippen LogP contribution >= 0.6 is 23.1 Å². The summed E-state index contributed by atoms with van der Waals surface area (Å²) in [5, 5.41) is 22.9. The lowest BCUT2D eigenvalue weighted by atomic mass is 10.1. The number of halogens is 1. The van der Waals surface area contributed by atoms with Crippen molar-refractivity contribution in [1.82, 2.24) is 4.98 Å². The molecule has 2 N–H and O–H groups in total. The van der Waals surface area contributed by atoms with E-state index in [1.165, 1.54) is 35.2 Å². The first kappa shape index (κ1) is 22.4. The largest absolute Gasteiger partial charge is 0.478 e. The Bertz CT molecular complexity index is 1410. The van der Waals surface area contributed by atoms with Gasteiger partial charge < -0.3 is 10.4 Å². The van der Waals surface area contributed by atoms with Gasteiger partial charge in [-0.2, -0.15) is 0 Å². The molecule has 4 aromatic rings. The minimum atomic E-state index is -1.44. The number of aromatic carboxylic acids is 1. The van der Waals surface area contributed by atoms with E-state index in [1.807, 2.05) is 6.07 Å². The predicted octanol–water partition coefficient (Wildman–Crippen LogP) is 5.59. The predicted molar refractivity (Wildman–Crippen MR) is 124 cm³/mol. The Morgan fingerprint density at radius 2 is 1.94 bits per heavy atom. The summed E-state index contributed by atoms with van der Waals surface area (Å²) in [7, 11) is 0. The molecule has 0 saturated heterocycles. The molecular formula is C22H14FN3O5S2. The third-order valence-electron chi connectivity index (χ3n) is 4.57. The van der Waals surface area contributed by atoms with Crippen molar-refractivity contribution in [1.29, 1.82) is 0 Å². The van der Waals surface area contributed by atoms with Crippen LogP contribution < -0.4 is 5.32 Å². The van der Waals surface area contributed by atoms with Gasteiger partial charge in [-0.15, -0.1) is 11.3 Å². The number of carboxylic acids is 1. The number of benzene rings is 3. The fourth-order valence-electron chi connectivity index (χ4n) is 3.03. The Kier molecular flexibility index (Phi) is 6.33. The Labute approximate surface area is 194 Å². The summed E-state index contributed by atoms with van der Waals surface area (Å²) in [5.74, 6) is -1.88. The number of nitrogens with zero attached hydrogens (tertiary/aromatic N) is 2. The molecule has 166 valence electrons. The summed E-state index contributed by atoms with van der Waals surface area (Å²) in [6, 6.07) is 14.5. The molecule has 3 aromatic carbocycles. The molecular weight excluding hydrogens is 469 g/mol. The minimum absolute atomic E-state index is 0.191. The van der Waals surface area contributed by atoms with Gasteiger partial charge in [0.2, 0.25) is 0 Å². The topological polar surface area (TPSA) is 122 Å². The van der Waals surface area contributed by atoms with Gasteiger partial charge in [0.05, 0.1) is 26.3 Å². The van der Waals surface area contributed by atoms with Crippen molar-refractivity contribution < 1.29 is 24.0 Å². The Morgan fingerprint density at radius 1 is 1.12 bits per heavy atom. The second kappa shape index (κ2) is 9.35. The van der Waals surface area contributed by atoms with Crippen LogP contribution in [0.15, 0.2) is 65.0 Å². The first-order valence-electron chi connectivity index (χ1n) is 9.41. The number of nitro benzene ring substituents is 1. The van der Waals surface area contributed by atoms with Crippen molar-refractivity contribution in [2.24, 2.45) is 0 Å². The number of fused-ring (bicyclic) bond motifs is 1. The fraction of sp³-hybridized carbons (Fsp3) is 0.0455. The molecule has 0 fully saturated rings. The van der Waals surface area contributed by atoms with Gasteiger partial charge in [-0.25, -0.2) is 14.2 Å². The molecule has 0 radical (unpaired) electrons. The lowest BCUT2D eigenvalue weighted by Crippen LogP contribution is -2.16. The number of hydrogen-bond donors (Lipinski definition) is 2. The maximum atomic E-state index is 13.3. The van der Waals surface area contributed by atoms with Crippen LogP contribution in [0.3, 0.4) is 0 Å². The number of anilines is 1. The van der Waals surface area contributed by atoms with Crippen LogP contribution in [0.25, 0.3) is 10.2 Å². The molecule has 0 spiro atoms. The van der Waals surface area contributed by atoms with E-state index in [4.69, 9.17) is 0 Å². The number of thioether (sulfide) groups is 1. The summed E-state index contributed by atoms with van der Waals surface area (Å²) < 4.78 is 14.9. The molecule has 33 heavy (non-hydrogen) atoms. The lowest BCUT2D eigenvalue weighted by Gasteiger charge is -2.08. The van der Waals surface area contributed by atoms with Crippen molar-refractivity contribution in [2.45, 2.75) is 10.1 Å². The van der Waals surface area contributed by atoms with Crippen LogP contribution in [0.5, 0.6) is 0 Å². The highest BCUT2D eigenvalue weighted by Gasteiger charge is 2.21. The number of thiazole rings is 1. The maximum absolute atomic E-state index is 13.3. The highest BCUT2D eigenvalue weighted by molar-refractivity contribution is 8.00. The zero-order chi connectivity index (χ0) is 23.5. The number of carboxylic acid groups (broad SMARTS) is 1. The molecule has 1 aromatic heterocycles. The van der Waals surface area contributed by atoms with Gasteiger partial charge >= 0.3 is 5.97 Å². The molecule has 4 rings (SSSR count). The van der Waals surface area contributed by atoms with Crippen molar-refractivity contribution in [3.05, 3.63) is 93.3 Å². The second-order valence-corrected chi connectivity index (χ2v) is 9.08. The maximum Gasteiger partial charge on any atom is 0.336 e. The van der Waals surface area contributed by atoms with Gasteiger partial charge in [0.1, 0.15) is 5.82 Å². The number of nitro groups is 1. The third-order valence-corrected chi connectivity index (χ3v) is 6.80.